The Labute approximate surface area is 187 Å². The van der Waals surface area contributed by atoms with Crippen molar-refractivity contribution in [1.82, 2.24) is 15.5 Å². The number of nitrogens with zero attached hydrogens (tertiary/aromatic N) is 1. The lowest BCUT2D eigenvalue weighted by Gasteiger charge is -2.59. The summed E-state index contributed by atoms with van der Waals surface area (Å²) in [6.45, 7) is 4.95. The highest BCUT2D eigenvalue weighted by Crippen LogP contribution is 2.61. The molecule has 0 aromatic carbocycles. The van der Waals surface area contributed by atoms with E-state index < -0.39 is 0 Å². The molecule has 0 unspecified atom stereocenters. The van der Waals surface area contributed by atoms with E-state index in [2.05, 4.69) is 15.5 Å². The third kappa shape index (κ3) is 4.80. The number of morpholine rings is 1. The first kappa shape index (κ1) is 21.7. The Morgan fingerprint density at radius 3 is 2.16 bits per heavy atom. The normalized spacial score (nSPS) is 36.8. The summed E-state index contributed by atoms with van der Waals surface area (Å²) in [5.74, 6) is 2.61. The predicted octanol–water partition coefficient (Wildman–Crippen LogP) is 2.72. The van der Waals surface area contributed by atoms with Gasteiger partial charge in [0.25, 0.3) is 0 Å². The van der Waals surface area contributed by atoms with Crippen molar-refractivity contribution >= 4 is 11.8 Å². The molecule has 4 bridgehead atoms. The Kier molecular flexibility index (Phi) is 6.57. The van der Waals surface area contributed by atoms with E-state index in [1.807, 2.05) is 0 Å². The molecule has 0 aromatic heterocycles. The zero-order valence-corrected chi connectivity index (χ0v) is 19.1. The Bertz CT molecular complexity index is 619. The van der Waals surface area contributed by atoms with Crippen molar-refractivity contribution in [2.75, 3.05) is 39.4 Å². The van der Waals surface area contributed by atoms with E-state index in [1.165, 1.54) is 25.7 Å². The molecule has 5 aliphatic carbocycles. The molecule has 2 amide bonds. The summed E-state index contributed by atoms with van der Waals surface area (Å²) >= 11 is 0. The van der Waals surface area contributed by atoms with Crippen LogP contribution < -0.4 is 10.6 Å². The number of hydrogen-bond acceptors (Lipinski definition) is 4. The van der Waals surface area contributed by atoms with E-state index in [4.69, 9.17) is 4.74 Å². The van der Waals surface area contributed by atoms with Crippen LogP contribution in [-0.2, 0) is 14.3 Å². The van der Waals surface area contributed by atoms with Gasteiger partial charge in [-0.3, -0.25) is 14.5 Å². The lowest BCUT2D eigenvalue weighted by Crippen LogP contribution is -2.63. The molecule has 2 N–H and O–H groups in total. The summed E-state index contributed by atoms with van der Waals surface area (Å²) in [6, 6.07) is -0.347. The summed E-state index contributed by atoms with van der Waals surface area (Å²) in [6.07, 6.45) is 12.9. The number of rotatable bonds is 7. The smallest absolute Gasteiger partial charge is 0.243 e. The lowest BCUT2D eigenvalue weighted by atomic mass is 9.47. The Balaban J connectivity index is 1.26. The molecule has 1 heterocycles. The number of carbonyl (C=O) groups is 2. The van der Waals surface area contributed by atoms with Gasteiger partial charge in [0.15, 0.2) is 0 Å². The molecule has 174 valence electrons. The van der Waals surface area contributed by atoms with Crippen molar-refractivity contribution in [1.29, 1.82) is 0 Å². The van der Waals surface area contributed by atoms with Crippen LogP contribution in [0.2, 0.25) is 0 Å². The third-order valence-corrected chi connectivity index (χ3v) is 9.05. The largest absolute Gasteiger partial charge is 0.379 e. The zero-order valence-electron chi connectivity index (χ0n) is 19.1. The molecule has 31 heavy (non-hydrogen) atoms. The quantitative estimate of drug-likeness (QED) is 0.650. The summed E-state index contributed by atoms with van der Waals surface area (Å²) < 4.78 is 5.43. The maximum atomic E-state index is 13.5. The van der Waals surface area contributed by atoms with Gasteiger partial charge in [-0.1, -0.05) is 19.3 Å². The summed E-state index contributed by atoms with van der Waals surface area (Å²) in [5, 5.41) is 6.57. The summed E-state index contributed by atoms with van der Waals surface area (Å²) in [4.78, 5) is 29.1. The molecule has 6 rings (SSSR count). The van der Waals surface area contributed by atoms with Crippen LogP contribution in [0.3, 0.4) is 0 Å². The maximum Gasteiger partial charge on any atom is 0.243 e. The molecule has 1 atom stereocenters. The molecular weight excluding hydrogens is 390 g/mol. The van der Waals surface area contributed by atoms with Crippen LogP contribution in [0.15, 0.2) is 0 Å². The second-order valence-corrected chi connectivity index (χ2v) is 11.3. The van der Waals surface area contributed by atoms with Gasteiger partial charge in [-0.25, -0.2) is 0 Å². The van der Waals surface area contributed by atoms with Crippen LogP contribution in [0.5, 0.6) is 0 Å². The Morgan fingerprint density at radius 2 is 1.55 bits per heavy atom. The van der Waals surface area contributed by atoms with Gasteiger partial charge in [0.1, 0.15) is 6.04 Å². The average molecular weight is 432 g/mol. The minimum Gasteiger partial charge on any atom is -0.379 e. The summed E-state index contributed by atoms with van der Waals surface area (Å²) in [7, 11) is 0. The zero-order chi connectivity index (χ0) is 21.3. The molecule has 6 nitrogen and oxygen atoms in total. The fraction of sp³-hybridized carbons (Fsp3) is 0.920. The summed E-state index contributed by atoms with van der Waals surface area (Å²) in [5.41, 5.74) is -0.0118. The van der Waals surface area contributed by atoms with Gasteiger partial charge in [-0.15, -0.1) is 0 Å². The van der Waals surface area contributed by atoms with Crippen LogP contribution in [0.4, 0.5) is 0 Å². The third-order valence-electron chi connectivity index (χ3n) is 9.05. The second kappa shape index (κ2) is 9.38. The van der Waals surface area contributed by atoms with Gasteiger partial charge in [0.2, 0.25) is 11.8 Å². The van der Waals surface area contributed by atoms with Crippen LogP contribution >= 0.6 is 0 Å². The monoisotopic (exact) mass is 431 g/mol. The van der Waals surface area contributed by atoms with Gasteiger partial charge < -0.3 is 15.4 Å². The number of amides is 2. The average Bonchev–Trinajstić information content (AvgIpc) is 2.77. The molecule has 0 spiro atoms. The molecule has 1 saturated heterocycles. The lowest BCUT2D eigenvalue weighted by molar-refractivity contribution is -0.143. The molecule has 5 saturated carbocycles. The van der Waals surface area contributed by atoms with Crippen LogP contribution in [0.1, 0.15) is 70.6 Å². The first-order chi connectivity index (χ1) is 15.1. The maximum absolute atomic E-state index is 13.5. The van der Waals surface area contributed by atoms with Crippen molar-refractivity contribution in [3.8, 4) is 0 Å². The van der Waals surface area contributed by atoms with Gasteiger partial charge >= 0.3 is 0 Å². The van der Waals surface area contributed by atoms with Gasteiger partial charge in [-0.05, 0) is 69.1 Å². The van der Waals surface area contributed by atoms with Gasteiger partial charge in [0.05, 0.1) is 13.2 Å². The molecule has 0 radical (unpaired) electrons. The molecule has 6 fully saturated rings. The number of ether oxygens (including phenoxy) is 1. The van der Waals surface area contributed by atoms with E-state index in [1.54, 1.807) is 0 Å². The van der Waals surface area contributed by atoms with Crippen LogP contribution in [0.25, 0.3) is 0 Å². The SMILES string of the molecule is O=C(N[C@H](C(=O)NCCN1CCOCC1)C12CC3CC(CC(C3)C1)C2)C1CCCCC1. The fourth-order valence-electron chi connectivity index (χ4n) is 7.92. The highest BCUT2D eigenvalue weighted by molar-refractivity contribution is 5.89. The standard InChI is InChI=1S/C25H41N3O3/c29-23(21-4-2-1-3-5-21)27-22(24(30)26-6-7-28-8-10-31-11-9-28)25-15-18-12-19(16-25)14-20(13-18)17-25/h18-22H,1-17H2,(H,26,30)(H,27,29)/t18?,19?,20?,22-,25?/m1/s1. The fourth-order valence-corrected chi connectivity index (χ4v) is 7.92. The number of hydrogen-bond donors (Lipinski definition) is 2. The van der Waals surface area contributed by atoms with Crippen molar-refractivity contribution in [2.24, 2.45) is 29.1 Å². The van der Waals surface area contributed by atoms with Crippen LogP contribution in [0, 0.1) is 29.1 Å². The molecule has 1 aliphatic heterocycles. The molecular formula is C25H41N3O3. The topological polar surface area (TPSA) is 70.7 Å². The van der Waals surface area contributed by atoms with E-state index in [0.29, 0.717) is 6.54 Å². The Morgan fingerprint density at radius 1 is 0.935 bits per heavy atom. The van der Waals surface area contributed by atoms with E-state index in [0.717, 1.165) is 95.5 Å². The first-order valence-corrected chi connectivity index (χ1v) is 13.0. The van der Waals surface area contributed by atoms with E-state index in [-0.39, 0.29) is 29.2 Å². The molecule has 0 aromatic rings. The number of carbonyl (C=O) groups excluding carboxylic acids is 2. The molecule has 6 aliphatic rings. The highest BCUT2D eigenvalue weighted by Gasteiger charge is 2.56. The van der Waals surface area contributed by atoms with E-state index >= 15 is 0 Å². The predicted molar refractivity (Wildman–Crippen MR) is 119 cm³/mol. The van der Waals surface area contributed by atoms with Crippen LogP contribution in [-0.4, -0.2) is 62.1 Å². The first-order valence-electron chi connectivity index (χ1n) is 13.0. The minimum absolute atomic E-state index is 0.0118. The second-order valence-electron chi connectivity index (χ2n) is 11.3. The van der Waals surface area contributed by atoms with E-state index in [9.17, 15) is 9.59 Å². The van der Waals surface area contributed by atoms with Crippen molar-refractivity contribution in [2.45, 2.75) is 76.7 Å². The molecule has 6 heteroatoms. The van der Waals surface area contributed by atoms with Crippen molar-refractivity contribution < 1.29 is 14.3 Å². The van der Waals surface area contributed by atoms with Crippen molar-refractivity contribution in [3.63, 3.8) is 0 Å². The van der Waals surface area contributed by atoms with Gasteiger partial charge in [0, 0.05) is 37.5 Å². The number of nitrogens with one attached hydrogen (secondary N) is 2. The Hall–Kier alpha value is -1.14. The van der Waals surface area contributed by atoms with Crippen molar-refractivity contribution in [3.05, 3.63) is 0 Å². The van der Waals surface area contributed by atoms with Gasteiger partial charge in [-0.2, -0.15) is 0 Å². The minimum atomic E-state index is -0.347. The highest BCUT2D eigenvalue weighted by atomic mass is 16.5.